The molecule has 3 heteroatoms. The summed E-state index contributed by atoms with van der Waals surface area (Å²) in [5.74, 6) is 0.961. The van der Waals surface area contributed by atoms with Gasteiger partial charge >= 0.3 is 0 Å². The molecule has 2 aliphatic carbocycles. The van der Waals surface area contributed by atoms with Crippen molar-refractivity contribution in [2.45, 2.75) is 64.0 Å². The van der Waals surface area contributed by atoms with Gasteiger partial charge in [-0.05, 0) is 57.9 Å². The highest BCUT2D eigenvalue weighted by molar-refractivity contribution is 5.04. The number of rotatable bonds is 9. The summed E-state index contributed by atoms with van der Waals surface area (Å²) in [7, 11) is 0. The van der Waals surface area contributed by atoms with E-state index in [1.165, 1.54) is 32.2 Å². The lowest BCUT2D eigenvalue weighted by Crippen LogP contribution is -2.44. The summed E-state index contributed by atoms with van der Waals surface area (Å²) in [5.41, 5.74) is -0.341. The molecule has 0 bridgehead atoms. The molecular weight excluding hydrogens is 222 g/mol. The van der Waals surface area contributed by atoms with Crippen molar-refractivity contribution in [2.75, 3.05) is 19.6 Å². The second-order valence-corrected chi connectivity index (χ2v) is 6.29. The fourth-order valence-electron chi connectivity index (χ4n) is 2.45. The van der Waals surface area contributed by atoms with Gasteiger partial charge in [0.2, 0.25) is 0 Å². The van der Waals surface area contributed by atoms with E-state index < -0.39 is 0 Å². The predicted molar refractivity (Wildman–Crippen MR) is 74.2 cm³/mol. The van der Waals surface area contributed by atoms with Gasteiger partial charge in [-0.1, -0.05) is 6.92 Å². The molecule has 0 aliphatic heterocycles. The van der Waals surface area contributed by atoms with Crippen molar-refractivity contribution in [3.05, 3.63) is 0 Å². The number of hydrogen-bond donors (Lipinski definition) is 1. The average Bonchev–Trinajstić information content (AvgIpc) is 3.24. The second kappa shape index (κ2) is 6.04. The van der Waals surface area contributed by atoms with Crippen LogP contribution in [0.2, 0.25) is 0 Å². The average molecular weight is 249 g/mol. The fraction of sp³-hybridized carbons (Fsp3) is 0.933. The van der Waals surface area contributed by atoms with Crippen LogP contribution in [0.1, 0.15) is 52.4 Å². The molecule has 2 fully saturated rings. The molecule has 0 amide bonds. The summed E-state index contributed by atoms with van der Waals surface area (Å²) in [6.07, 6.45) is 7.63. The van der Waals surface area contributed by atoms with Gasteiger partial charge in [0.15, 0.2) is 0 Å². The molecule has 1 atom stereocenters. The summed E-state index contributed by atoms with van der Waals surface area (Å²) in [6.45, 7) is 7.50. The molecule has 0 spiro atoms. The minimum Gasteiger partial charge on any atom is -0.300 e. The maximum Gasteiger partial charge on any atom is 0.105 e. The lowest BCUT2D eigenvalue weighted by atomic mass is 9.99. The molecule has 0 heterocycles. The predicted octanol–water partition coefficient (Wildman–Crippen LogP) is 2.53. The van der Waals surface area contributed by atoms with Crippen molar-refractivity contribution in [3.63, 3.8) is 0 Å². The number of nitrogens with one attached hydrogen (secondary N) is 1. The molecule has 1 unspecified atom stereocenters. The lowest BCUT2D eigenvalue weighted by molar-refractivity contribution is 0.227. The van der Waals surface area contributed by atoms with Gasteiger partial charge in [0, 0.05) is 19.1 Å². The van der Waals surface area contributed by atoms with E-state index in [4.69, 9.17) is 0 Å². The highest BCUT2D eigenvalue weighted by Crippen LogP contribution is 2.35. The summed E-state index contributed by atoms with van der Waals surface area (Å²) in [5, 5.41) is 12.7. The summed E-state index contributed by atoms with van der Waals surface area (Å²) < 4.78 is 0. The quantitative estimate of drug-likeness (QED) is 0.682. The molecule has 0 aromatic heterocycles. The lowest BCUT2D eigenvalue weighted by Gasteiger charge is -2.28. The van der Waals surface area contributed by atoms with Crippen molar-refractivity contribution in [2.24, 2.45) is 5.92 Å². The Morgan fingerprint density at radius 3 is 2.56 bits per heavy atom. The van der Waals surface area contributed by atoms with Crippen LogP contribution in [0.25, 0.3) is 0 Å². The van der Waals surface area contributed by atoms with Crippen molar-refractivity contribution in [1.82, 2.24) is 10.2 Å². The van der Waals surface area contributed by atoms with Crippen molar-refractivity contribution in [3.8, 4) is 6.07 Å². The minimum absolute atomic E-state index is 0.341. The van der Waals surface area contributed by atoms with Gasteiger partial charge in [0.05, 0.1) is 6.07 Å². The van der Waals surface area contributed by atoms with Crippen LogP contribution in [0.15, 0.2) is 0 Å². The molecule has 0 aromatic rings. The second-order valence-electron chi connectivity index (χ2n) is 6.29. The van der Waals surface area contributed by atoms with E-state index in [1.54, 1.807) is 0 Å². The summed E-state index contributed by atoms with van der Waals surface area (Å²) in [4.78, 5) is 2.64. The van der Waals surface area contributed by atoms with Crippen molar-refractivity contribution >= 4 is 0 Å². The van der Waals surface area contributed by atoms with Crippen LogP contribution in [-0.2, 0) is 0 Å². The van der Waals surface area contributed by atoms with Gasteiger partial charge in [-0.2, -0.15) is 5.26 Å². The molecule has 18 heavy (non-hydrogen) atoms. The Hall–Kier alpha value is -0.590. The molecule has 2 rings (SSSR count). The monoisotopic (exact) mass is 249 g/mol. The topological polar surface area (TPSA) is 39.1 Å². The van der Waals surface area contributed by atoms with Crippen LogP contribution in [0.4, 0.5) is 0 Å². The Balaban J connectivity index is 1.77. The molecule has 0 aromatic carbocycles. The third-order valence-electron chi connectivity index (χ3n) is 4.16. The summed E-state index contributed by atoms with van der Waals surface area (Å²) >= 11 is 0. The maximum atomic E-state index is 9.34. The molecule has 3 nitrogen and oxygen atoms in total. The third-order valence-corrected chi connectivity index (χ3v) is 4.16. The van der Waals surface area contributed by atoms with E-state index in [-0.39, 0.29) is 5.54 Å². The first-order chi connectivity index (χ1) is 8.67. The highest BCUT2D eigenvalue weighted by atomic mass is 15.2. The first-order valence-corrected chi connectivity index (χ1v) is 7.57. The van der Waals surface area contributed by atoms with Gasteiger partial charge < -0.3 is 4.90 Å². The fourth-order valence-corrected chi connectivity index (χ4v) is 2.45. The van der Waals surface area contributed by atoms with Crippen LogP contribution >= 0.6 is 0 Å². The Morgan fingerprint density at radius 2 is 2.06 bits per heavy atom. The molecule has 0 saturated heterocycles. The van der Waals surface area contributed by atoms with Gasteiger partial charge in [-0.15, -0.1) is 0 Å². The van der Waals surface area contributed by atoms with E-state index in [2.05, 4.69) is 23.2 Å². The molecule has 102 valence electrons. The molecule has 1 N–H and O–H groups in total. The van der Waals surface area contributed by atoms with Crippen molar-refractivity contribution < 1.29 is 0 Å². The molecule has 2 aliphatic rings. The number of nitriles is 1. The normalized spacial score (nSPS) is 22.8. The maximum absolute atomic E-state index is 9.34. The first kappa shape index (κ1) is 13.8. The molecule has 2 saturated carbocycles. The zero-order chi connectivity index (χ0) is 13.0. The Morgan fingerprint density at radius 1 is 1.33 bits per heavy atom. The number of nitrogens with zero attached hydrogens (tertiary/aromatic N) is 2. The minimum atomic E-state index is -0.341. The van der Waals surface area contributed by atoms with E-state index in [1.807, 2.05) is 6.92 Å². The largest absolute Gasteiger partial charge is 0.300 e. The van der Waals surface area contributed by atoms with Gasteiger partial charge in [-0.3, -0.25) is 5.32 Å². The Bertz CT molecular complexity index is 301. The van der Waals surface area contributed by atoms with E-state index in [9.17, 15) is 5.26 Å². The van der Waals surface area contributed by atoms with Crippen LogP contribution in [0, 0.1) is 17.2 Å². The highest BCUT2D eigenvalue weighted by Gasteiger charge is 2.34. The molecule has 0 radical (unpaired) electrons. The first-order valence-electron chi connectivity index (χ1n) is 7.57. The van der Waals surface area contributed by atoms with Crippen LogP contribution < -0.4 is 5.32 Å². The van der Waals surface area contributed by atoms with Crippen LogP contribution in [-0.4, -0.2) is 36.1 Å². The van der Waals surface area contributed by atoms with Crippen LogP contribution in [0.3, 0.4) is 0 Å². The third kappa shape index (κ3) is 4.26. The molecular formula is C15H27N3. The van der Waals surface area contributed by atoms with Gasteiger partial charge in [0.25, 0.3) is 0 Å². The Kier molecular flexibility index (Phi) is 4.64. The smallest absolute Gasteiger partial charge is 0.105 e. The van der Waals surface area contributed by atoms with Crippen LogP contribution in [0.5, 0.6) is 0 Å². The standard InChI is InChI=1S/C15H27N3/c1-3-9-17-15(2,12-16)8-10-18(14-6-7-14)11-13-4-5-13/h13-14,17H,3-11H2,1-2H3. The zero-order valence-electron chi connectivity index (χ0n) is 11.9. The summed E-state index contributed by atoms with van der Waals surface area (Å²) in [6, 6.07) is 3.29. The van der Waals surface area contributed by atoms with E-state index in [0.717, 1.165) is 37.9 Å². The van der Waals surface area contributed by atoms with E-state index >= 15 is 0 Å². The van der Waals surface area contributed by atoms with Crippen molar-refractivity contribution in [1.29, 1.82) is 5.26 Å². The Labute approximate surface area is 112 Å². The van der Waals surface area contributed by atoms with E-state index in [0.29, 0.717) is 0 Å². The van der Waals surface area contributed by atoms with Gasteiger partial charge in [0.1, 0.15) is 5.54 Å². The number of hydrogen-bond acceptors (Lipinski definition) is 3. The zero-order valence-corrected chi connectivity index (χ0v) is 11.9. The SMILES string of the molecule is CCCNC(C)(C#N)CCN(CC1CC1)C1CC1. The van der Waals surface area contributed by atoms with Gasteiger partial charge in [-0.25, -0.2) is 0 Å².